The number of rotatable bonds is 6. The molecule has 3 nitrogen and oxygen atoms in total. The van der Waals surface area contributed by atoms with Crippen molar-refractivity contribution in [1.29, 1.82) is 0 Å². The second-order valence-corrected chi connectivity index (χ2v) is 4.91. The van der Waals surface area contributed by atoms with Gasteiger partial charge < -0.3 is 10.5 Å². The fraction of sp³-hybridized carbons (Fsp3) is 0.615. The molecule has 0 amide bonds. The topological polar surface area (TPSA) is 48.1 Å². The summed E-state index contributed by atoms with van der Waals surface area (Å²) in [6, 6.07) is 1.86. The molecule has 1 rings (SSSR count). The van der Waals surface area contributed by atoms with Crippen molar-refractivity contribution in [3.05, 3.63) is 29.0 Å². The molecule has 0 aliphatic rings. The van der Waals surface area contributed by atoms with E-state index in [0.29, 0.717) is 24.0 Å². The van der Waals surface area contributed by atoms with Gasteiger partial charge in [0.05, 0.1) is 11.1 Å². The molecule has 0 bridgehead atoms. The van der Waals surface area contributed by atoms with Gasteiger partial charge >= 0.3 is 0 Å². The van der Waals surface area contributed by atoms with Crippen LogP contribution < -0.4 is 5.73 Å². The molecule has 0 aromatic carbocycles. The van der Waals surface area contributed by atoms with Crippen molar-refractivity contribution in [2.45, 2.75) is 39.3 Å². The maximum Gasteiger partial charge on any atom is 0.0751 e. The first-order valence-electron chi connectivity index (χ1n) is 6.01. The Morgan fingerprint density at radius 2 is 2.18 bits per heavy atom. The summed E-state index contributed by atoms with van der Waals surface area (Å²) in [6.07, 6.45) is 4.15. The monoisotopic (exact) mass is 256 g/mol. The first-order valence-corrected chi connectivity index (χ1v) is 6.39. The SMILES string of the molecule is CCOC(C(C)C)C(N)Cc1ccncc1Cl. The van der Waals surface area contributed by atoms with Gasteiger partial charge in [0.25, 0.3) is 0 Å². The summed E-state index contributed by atoms with van der Waals surface area (Å²) in [5.74, 6) is 0.394. The van der Waals surface area contributed by atoms with Gasteiger partial charge in [-0.15, -0.1) is 0 Å². The smallest absolute Gasteiger partial charge is 0.0751 e. The molecule has 0 spiro atoms. The highest BCUT2D eigenvalue weighted by Crippen LogP contribution is 2.19. The highest BCUT2D eigenvalue weighted by molar-refractivity contribution is 6.31. The Morgan fingerprint density at radius 3 is 2.71 bits per heavy atom. The summed E-state index contributed by atoms with van der Waals surface area (Å²) in [5.41, 5.74) is 7.23. The summed E-state index contributed by atoms with van der Waals surface area (Å²) in [6.45, 7) is 6.91. The zero-order valence-corrected chi connectivity index (χ0v) is 11.4. The molecule has 0 aliphatic carbocycles. The molecule has 0 saturated carbocycles. The van der Waals surface area contributed by atoms with E-state index in [9.17, 15) is 0 Å². The number of nitrogens with zero attached hydrogens (tertiary/aromatic N) is 1. The molecule has 0 saturated heterocycles. The highest BCUT2D eigenvalue weighted by Gasteiger charge is 2.22. The number of halogens is 1. The Labute approximate surface area is 108 Å². The van der Waals surface area contributed by atoms with Crippen LogP contribution in [-0.4, -0.2) is 23.7 Å². The number of nitrogens with two attached hydrogens (primary N) is 1. The third-order valence-electron chi connectivity index (χ3n) is 2.75. The molecule has 1 heterocycles. The van der Waals surface area contributed by atoms with E-state index in [1.54, 1.807) is 12.4 Å². The van der Waals surface area contributed by atoms with Crippen LogP contribution in [0, 0.1) is 5.92 Å². The summed E-state index contributed by atoms with van der Waals surface area (Å²) >= 11 is 6.07. The van der Waals surface area contributed by atoms with Gasteiger partial charge in [-0.25, -0.2) is 0 Å². The molecule has 96 valence electrons. The quantitative estimate of drug-likeness (QED) is 0.851. The number of ether oxygens (including phenoxy) is 1. The lowest BCUT2D eigenvalue weighted by molar-refractivity contribution is 0.0128. The minimum absolute atomic E-state index is 0.0464. The van der Waals surface area contributed by atoms with E-state index in [0.717, 1.165) is 5.56 Å². The van der Waals surface area contributed by atoms with Gasteiger partial charge in [0.1, 0.15) is 0 Å². The molecular weight excluding hydrogens is 236 g/mol. The van der Waals surface area contributed by atoms with Gasteiger partial charge in [-0.05, 0) is 30.9 Å². The zero-order valence-electron chi connectivity index (χ0n) is 10.7. The molecule has 2 atom stereocenters. The first kappa shape index (κ1) is 14.4. The van der Waals surface area contributed by atoms with E-state index >= 15 is 0 Å². The van der Waals surface area contributed by atoms with Gasteiger partial charge in [0.15, 0.2) is 0 Å². The molecule has 2 unspecified atom stereocenters. The number of aromatic nitrogens is 1. The van der Waals surface area contributed by atoms with Gasteiger partial charge in [-0.1, -0.05) is 25.4 Å². The molecule has 4 heteroatoms. The minimum Gasteiger partial charge on any atom is -0.377 e. The van der Waals surface area contributed by atoms with Crippen LogP contribution in [0.4, 0.5) is 0 Å². The summed E-state index contributed by atoms with van der Waals surface area (Å²) in [4.78, 5) is 3.96. The second kappa shape index (κ2) is 6.94. The third kappa shape index (κ3) is 4.26. The Hall–Kier alpha value is -0.640. The molecule has 0 radical (unpaired) electrons. The van der Waals surface area contributed by atoms with Crippen LogP contribution in [0.15, 0.2) is 18.5 Å². The van der Waals surface area contributed by atoms with Crippen molar-refractivity contribution < 1.29 is 4.74 Å². The van der Waals surface area contributed by atoms with Crippen molar-refractivity contribution in [2.24, 2.45) is 11.7 Å². The Kier molecular flexibility index (Phi) is 5.89. The lowest BCUT2D eigenvalue weighted by Crippen LogP contribution is -2.42. The predicted molar refractivity (Wildman–Crippen MR) is 71.2 cm³/mol. The third-order valence-corrected chi connectivity index (χ3v) is 3.09. The van der Waals surface area contributed by atoms with Crippen LogP contribution in [0.25, 0.3) is 0 Å². The summed E-state index contributed by atoms with van der Waals surface area (Å²) in [7, 11) is 0. The van der Waals surface area contributed by atoms with E-state index in [1.807, 2.05) is 13.0 Å². The molecule has 17 heavy (non-hydrogen) atoms. The van der Waals surface area contributed by atoms with Crippen molar-refractivity contribution in [3.8, 4) is 0 Å². The van der Waals surface area contributed by atoms with E-state index in [4.69, 9.17) is 22.1 Å². The van der Waals surface area contributed by atoms with Crippen LogP contribution in [0.5, 0.6) is 0 Å². The molecule has 0 fully saturated rings. The summed E-state index contributed by atoms with van der Waals surface area (Å²) < 4.78 is 5.69. The lowest BCUT2D eigenvalue weighted by Gasteiger charge is -2.27. The Bertz CT molecular complexity index is 344. The van der Waals surface area contributed by atoms with Crippen molar-refractivity contribution in [1.82, 2.24) is 4.98 Å². The Balaban J connectivity index is 2.69. The fourth-order valence-electron chi connectivity index (χ4n) is 1.94. The van der Waals surface area contributed by atoms with Gasteiger partial charge in [0.2, 0.25) is 0 Å². The van der Waals surface area contributed by atoms with Gasteiger partial charge in [0, 0.05) is 25.0 Å². The lowest BCUT2D eigenvalue weighted by atomic mass is 9.95. The molecule has 1 aromatic heterocycles. The highest BCUT2D eigenvalue weighted by atomic mass is 35.5. The van der Waals surface area contributed by atoms with Crippen molar-refractivity contribution in [2.75, 3.05) is 6.61 Å². The van der Waals surface area contributed by atoms with Crippen LogP contribution in [0.1, 0.15) is 26.3 Å². The maximum absolute atomic E-state index is 6.20. The van der Waals surface area contributed by atoms with E-state index in [-0.39, 0.29) is 12.1 Å². The second-order valence-electron chi connectivity index (χ2n) is 4.50. The minimum atomic E-state index is -0.0464. The number of hydrogen-bond acceptors (Lipinski definition) is 3. The van der Waals surface area contributed by atoms with Crippen molar-refractivity contribution in [3.63, 3.8) is 0 Å². The van der Waals surface area contributed by atoms with E-state index in [1.165, 1.54) is 0 Å². The van der Waals surface area contributed by atoms with E-state index < -0.39 is 0 Å². The Morgan fingerprint density at radius 1 is 1.47 bits per heavy atom. The average Bonchev–Trinajstić information content (AvgIpc) is 2.28. The first-order chi connectivity index (χ1) is 8.06. The predicted octanol–water partition coefficient (Wildman–Crippen LogP) is 2.67. The van der Waals surface area contributed by atoms with Crippen molar-refractivity contribution >= 4 is 11.6 Å². The largest absolute Gasteiger partial charge is 0.377 e. The van der Waals surface area contributed by atoms with Crippen LogP contribution >= 0.6 is 11.6 Å². The van der Waals surface area contributed by atoms with Gasteiger partial charge in [-0.3, -0.25) is 4.98 Å². The number of hydrogen-bond donors (Lipinski definition) is 1. The zero-order chi connectivity index (χ0) is 12.8. The maximum atomic E-state index is 6.20. The molecule has 2 N–H and O–H groups in total. The van der Waals surface area contributed by atoms with Crippen LogP contribution in [0.3, 0.4) is 0 Å². The summed E-state index contributed by atoms with van der Waals surface area (Å²) in [5, 5.41) is 0.668. The molecular formula is C13H21ClN2O. The van der Waals surface area contributed by atoms with Gasteiger partial charge in [-0.2, -0.15) is 0 Å². The number of pyridine rings is 1. The standard InChI is InChI=1S/C13H21ClN2O/c1-4-17-13(9(2)3)12(15)7-10-5-6-16-8-11(10)14/h5-6,8-9,12-13H,4,7,15H2,1-3H3. The average molecular weight is 257 g/mol. The molecule has 1 aromatic rings. The molecule has 0 aliphatic heterocycles. The fourth-order valence-corrected chi connectivity index (χ4v) is 2.14. The van der Waals surface area contributed by atoms with Crippen LogP contribution in [-0.2, 0) is 11.2 Å². The van der Waals surface area contributed by atoms with Crippen LogP contribution in [0.2, 0.25) is 5.02 Å². The van der Waals surface area contributed by atoms with E-state index in [2.05, 4.69) is 18.8 Å². The normalized spacial score (nSPS) is 14.9.